The van der Waals surface area contributed by atoms with Crippen LogP contribution in [0, 0.1) is 6.92 Å². The number of para-hydroxylation sites is 2. The number of aromatic amines is 1. The van der Waals surface area contributed by atoms with Crippen molar-refractivity contribution in [3.05, 3.63) is 70.3 Å². The second kappa shape index (κ2) is 7.25. The van der Waals surface area contributed by atoms with Crippen molar-refractivity contribution in [1.82, 2.24) is 14.9 Å². The highest BCUT2D eigenvalue weighted by molar-refractivity contribution is 6.01. The van der Waals surface area contributed by atoms with Crippen LogP contribution in [0.15, 0.2) is 57.7 Å². The van der Waals surface area contributed by atoms with Gasteiger partial charge in [0.25, 0.3) is 5.56 Å². The highest BCUT2D eigenvalue weighted by Gasteiger charge is 2.13. The molecule has 138 valence electrons. The van der Waals surface area contributed by atoms with E-state index in [4.69, 9.17) is 9.15 Å². The number of benzene rings is 2. The minimum atomic E-state index is -0.254. The molecule has 2 heterocycles. The zero-order chi connectivity index (χ0) is 18.8. The van der Waals surface area contributed by atoms with Crippen LogP contribution in [0.2, 0.25) is 0 Å². The second-order valence-electron chi connectivity index (χ2n) is 6.64. The molecule has 0 bridgehead atoms. The lowest BCUT2D eigenvalue weighted by Crippen LogP contribution is -2.26. The molecule has 2 aromatic heterocycles. The van der Waals surface area contributed by atoms with Crippen molar-refractivity contribution >= 4 is 22.1 Å². The highest BCUT2D eigenvalue weighted by atomic mass is 16.5. The van der Waals surface area contributed by atoms with Gasteiger partial charge < -0.3 is 14.1 Å². The van der Waals surface area contributed by atoms with E-state index in [-0.39, 0.29) is 11.1 Å². The van der Waals surface area contributed by atoms with Crippen molar-refractivity contribution in [1.29, 1.82) is 0 Å². The van der Waals surface area contributed by atoms with Gasteiger partial charge in [-0.25, -0.2) is 4.98 Å². The number of nitrogens with one attached hydrogen (secondary N) is 1. The third kappa shape index (κ3) is 3.57. The van der Waals surface area contributed by atoms with E-state index in [9.17, 15) is 4.79 Å². The van der Waals surface area contributed by atoms with Gasteiger partial charge in [-0.15, -0.1) is 0 Å². The topological polar surface area (TPSA) is 71.4 Å². The number of hydrogen-bond acceptors (Lipinski definition) is 5. The van der Waals surface area contributed by atoms with Crippen LogP contribution in [0.3, 0.4) is 0 Å². The molecule has 0 radical (unpaired) electrons. The Bertz CT molecular complexity index is 1150. The first-order valence-corrected chi connectivity index (χ1v) is 8.89. The molecule has 2 aromatic carbocycles. The maximum absolute atomic E-state index is 12.4. The lowest BCUT2D eigenvalue weighted by Gasteiger charge is -2.17. The quantitative estimate of drug-likeness (QED) is 0.568. The average Bonchev–Trinajstić information content (AvgIpc) is 3.03. The standard InChI is InChI=1S/C21H21N3O3/c1-14-7-3-5-9-16(14)26-12-11-24(2)13-18-22-19-15-8-4-6-10-17(15)27-20(19)21(25)23-18/h3-10H,11-13H2,1-2H3,(H,22,23,25). The number of fused-ring (bicyclic) bond motifs is 3. The fourth-order valence-corrected chi connectivity index (χ4v) is 3.09. The van der Waals surface area contributed by atoms with Gasteiger partial charge in [0.2, 0.25) is 5.58 Å². The molecule has 4 rings (SSSR count). The molecule has 0 spiro atoms. The van der Waals surface area contributed by atoms with Crippen LogP contribution >= 0.6 is 0 Å². The van der Waals surface area contributed by atoms with Gasteiger partial charge in [0.1, 0.15) is 29.3 Å². The number of rotatable bonds is 6. The van der Waals surface area contributed by atoms with E-state index in [1.807, 2.05) is 62.5 Å². The summed E-state index contributed by atoms with van der Waals surface area (Å²) in [5, 5.41) is 0.852. The summed E-state index contributed by atoms with van der Waals surface area (Å²) in [7, 11) is 1.97. The average molecular weight is 363 g/mol. The molecule has 1 N–H and O–H groups in total. The maximum Gasteiger partial charge on any atom is 0.294 e. The Hall–Kier alpha value is -3.12. The molecule has 0 aliphatic carbocycles. The van der Waals surface area contributed by atoms with Crippen molar-refractivity contribution in [3.63, 3.8) is 0 Å². The van der Waals surface area contributed by atoms with Crippen molar-refractivity contribution in [2.45, 2.75) is 13.5 Å². The van der Waals surface area contributed by atoms with Crippen molar-refractivity contribution in [3.8, 4) is 5.75 Å². The van der Waals surface area contributed by atoms with Crippen LogP contribution in [0.4, 0.5) is 0 Å². The van der Waals surface area contributed by atoms with Crippen LogP contribution in [0.25, 0.3) is 22.1 Å². The van der Waals surface area contributed by atoms with Crippen LogP contribution in [0.5, 0.6) is 5.75 Å². The Labute approximate surface area is 156 Å². The Kier molecular flexibility index (Phi) is 4.64. The number of ether oxygens (including phenoxy) is 1. The Morgan fingerprint density at radius 2 is 1.93 bits per heavy atom. The fourth-order valence-electron chi connectivity index (χ4n) is 3.09. The summed E-state index contributed by atoms with van der Waals surface area (Å²) in [6.45, 7) is 3.81. The minimum absolute atomic E-state index is 0.254. The van der Waals surface area contributed by atoms with Gasteiger partial charge in [-0.3, -0.25) is 9.69 Å². The molecule has 0 unspecified atom stereocenters. The largest absolute Gasteiger partial charge is 0.492 e. The van der Waals surface area contributed by atoms with Gasteiger partial charge >= 0.3 is 0 Å². The van der Waals surface area contributed by atoms with Crippen LogP contribution < -0.4 is 10.3 Å². The molecule has 0 saturated heterocycles. The Morgan fingerprint density at radius 3 is 2.78 bits per heavy atom. The van der Waals surface area contributed by atoms with Gasteiger partial charge in [0, 0.05) is 11.9 Å². The third-order valence-corrected chi connectivity index (χ3v) is 4.52. The van der Waals surface area contributed by atoms with Crippen molar-refractivity contribution in [2.24, 2.45) is 0 Å². The number of aromatic nitrogens is 2. The van der Waals surface area contributed by atoms with Gasteiger partial charge in [0.15, 0.2) is 0 Å². The first kappa shape index (κ1) is 17.3. The molecule has 0 aliphatic heterocycles. The maximum atomic E-state index is 12.4. The van der Waals surface area contributed by atoms with Gasteiger partial charge in [-0.2, -0.15) is 0 Å². The molecule has 0 saturated carbocycles. The SMILES string of the molecule is Cc1ccccc1OCCN(C)Cc1nc2c(oc3ccccc32)c(=O)[nH]1. The normalized spacial score (nSPS) is 11.5. The van der Waals surface area contributed by atoms with Gasteiger partial charge in [-0.1, -0.05) is 30.3 Å². The third-order valence-electron chi connectivity index (χ3n) is 4.52. The first-order chi connectivity index (χ1) is 13.1. The van der Waals surface area contributed by atoms with E-state index in [0.717, 1.165) is 16.7 Å². The molecular weight excluding hydrogens is 342 g/mol. The van der Waals surface area contributed by atoms with E-state index < -0.39 is 0 Å². The van der Waals surface area contributed by atoms with E-state index in [1.165, 1.54) is 0 Å². The number of aryl methyl sites for hydroxylation is 1. The molecule has 27 heavy (non-hydrogen) atoms. The molecule has 4 aromatic rings. The summed E-state index contributed by atoms with van der Waals surface area (Å²) in [5.41, 5.74) is 2.40. The first-order valence-electron chi connectivity index (χ1n) is 8.89. The molecule has 0 fully saturated rings. The van der Waals surface area contributed by atoms with Crippen molar-refractivity contribution in [2.75, 3.05) is 20.2 Å². The summed E-state index contributed by atoms with van der Waals surface area (Å²) < 4.78 is 11.5. The molecule has 0 amide bonds. The monoisotopic (exact) mass is 363 g/mol. The van der Waals surface area contributed by atoms with Gasteiger partial charge in [-0.05, 0) is 37.7 Å². The summed E-state index contributed by atoms with van der Waals surface area (Å²) >= 11 is 0. The number of nitrogens with zero attached hydrogens (tertiary/aromatic N) is 2. The van der Waals surface area contributed by atoms with Crippen molar-refractivity contribution < 1.29 is 9.15 Å². The molecule has 0 aliphatic rings. The van der Waals surface area contributed by atoms with Crippen LogP contribution in [-0.4, -0.2) is 35.1 Å². The van der Waals surface area contributed by atoms with E-state index >= 15 is 0 Å². The Morgan fingerprint density at radius 1 is 1.15 bits per heavy atom. The van der Waals surface area contributed by atoms with E-state index in [2.05, 4.69) is 14.9 Å². The number of furan rings is 1. The van der Waals surface area contributed by atoms with E-state index in [0.29, 0.717) is 36.6 Å². The number of H-pyrrole nitrogens is 1. The predicted octanol–water partition coefficient (Wildman–Crippen LogP) is 3.49. The summed E-state index contributed by atoms with van der Waals surface area (Å²) in [6.07, 6.45) is 0. The number of likely N-dealkylation sites (N-methyl/N-ethyl adjacent to an activating group) is 1. The lowest BCUT2D eigenvalue weighted by molar-refractivity contribution is 0.229. The van der Waals surface area contributed by atoms with E-state index in [1.54, 1.807) is 0 Å². The second-order valence-corrected chi connectivity index (χ2v) is 6.64. The highest BCUT2D eigenvalue weighted by Crippen LogP contribution is 2.24. The summed E-state index contributed by atoms with van der Waals surface area (Å²) in [4.78, 5) is 21.8. The molecule has 6 heteroatoms. The smallest absolute Gasteiger partial charge is 0.294 e. The zero-order valence-corrected chi connectivity index (χ0v) is 15.4. The lowest BCUT2D eigenvalue weighted by atomic mass is 10.2. The van der Waals surface area contributed by atoms with Gasteiger partial charge in [0.05, 0.1) is 6.54 Å². The molecular formula is C21H21N3O3. The molecule has 6 nitrogen and oxygen atoms in total. The number of hydrogen-bond donors (Lipinski definition) is 1. The van der Waals surface area contributed by atoms with Crippen LogP contribution in [-0.2, 0) is 6.54 Å². The Balaban J connectivity index is 1.47. The minimum Gasteiger partial charge on any atom is -0.492 e. The zero-order valence-electron chi connectivity index (χ0n) is 15.4. The van der Waals surface area contributed by atoms with Crippen LogP contribution in [0.1, 0.15) is 11.4 Å². The predicted molar refractivity (Wildman–Crippen MR) is 105 cm³/mol. The summed E-state index contributed by atoms with van der Waals surface area (Å²) in [5.74, 6) is 1.50. The molecule has 0 atom stereocenters. The summed E-state index contributed by atoms with van der Waals surface area (Å²) in [6, 6.07) is 15.5. The fraction of sp³-hybridized carbons (Fsp3) is 0.238.